The second kappa shape index (κ2) is 6.29. The van der Waals surface area contributed by atoms with E-state index in [0.717, 1.165) is 24.9 Å². The van der Waals surface area contributed by atoms with Crippen LogP contribution in [0.25, 0.3) is 0 Å². The largest absolute Gasteiger partial charge is 0.385 e. The number of halogens is 1. The summed E-state index contributed by atoms with van der Waals surface area (Å²) in [5.74, 6) is 0.638. The van der Waals surface area contributed by atoms with Gasteiger partial charge in [-0.15, -0.1) is 0 Å². The molecular formula is C12H19ClN2O2S. The summed E-state index contributed by atoms with van der Waals surface area (Å²) in [6.07, 6.45) is 2.17. The van der Waals surface area contributed by atoms with Crippen molar-refractivity contribution in [3.8, 4) is 0 Å². The summed E-state index contributed by atoms with van der Waals surface area (Å²) in [6.45, 7) is 5.19. The lowest BCUT2D eigenvalue weighted by atomic mass is 10.1. The van der Waals surface area contributed by atoms with Gasteiger partial charge in [0.15, 0.2) is 0 Å². The van der Waals surface area contributed by atoms with E-state index in [1.807, 2.05) is 0 Å². The van der Waals surface area contributed by atoms with E-state index in [2.05, 4.69) is 23.9 Å². The molecule has 0 heterocycles. The highest BCUT2D eigenvalue weighted by Crippen LogP contribution is 2.26. The smallest absolute Gasteiger partial charge is 0.229 e. The zero-order valence-corrected chi connectivity index (χ0v) is 12.4. The van der Waals surface area contributed by atoms with Gasteiger partial charge in [0.05, 0.1) is 17.0 Å². The molecule has 1 aromatic rings. The predicted molar refractivity (Wildman–Crippen MR) is 77.9 cm³/mol. The Morgan fingerprint density at radius 3 is 2.50 bits per heavy atom. The summed E-state index contributed by atoms with van der Waals surface area (Å²) in [6, 6.07) is 5.18. The molecule has 0 amide bonds. The van der Waals surface area contributed by atoms with Gasteiger partial charge in [-0.2, -0.15) is 0 Å². The Balaban J connectivity index is 2.68. The quantitative estimate of drug-likeness (QED) is 0.846. The molecule has 0 aliphatic carbocycles. The van der Waals surface area contributed by atoms with Crippen LogP contribution in [0.4, 0.5) is 11.4 Å². The topological polar surface area (TPSA) is 58.2 Å². The number of nitrogens with one attached hydrogen (secondary N) is 2. The lowest BCUT2D eigenvalue weighted by molar-refractivity contribution is 0.606. The van der Waals surface area contributed by atoms with Crippen molar-refractivity contribution in [3.63, 3.8) is 0 Å². The monoisotopic (exact) mass is 290 g/mol. The minimum Gasteiger partial charge on any atom is -0.385 e. The van der Waals surface area contributed by atoms with Gasteiger partial charge >= 0.3 is 0 Å². The fourth-order valence-corrected chi connectivity index (χ4v) is 2.27. The van der Waals surface area contributed by atoms with Crippen LogP contribution in [0.5, 0.6) is 0 Å². The molecule has 18 heavy (non-hydrogen) atoms. The molecule has 0 saturated carbocycles. The second-order valence-electron chi connectivity index (χ2n) is 4.68. The van der Waals surface area contributed by atoms with Gasteiger partial charge in [-0.05, 0) is 30.5 Å². The molecule has 0 bridgehead atoms. The number of sulfonamides is 1. The van der Waals surface area contributed by atoms with Crippen LogP contribution in [0, 0.1) is 5.92 Å². The number of benzene rings is 1. The Bertz CT molecular complexity index is 501. The third kappa shape index (κ3) is 5.60. The maximum Gasteiger partial charge on any atom is 0.229 e. The predicted octanol–water partition coefficient (Wildman–Crippen LogP) is 3.17. The van der Waals surface area contributed by atoms with E-state index >= 15 is 0 Å². The molecule has 0 unspecified atom stereocenters. The van der Waals surface area contributed by atoms with Gasteiger partial charge in [-0.25, -0.2) is 8.42 Å². The summed E-state index contributed by atoms with van der Waals surface area (Å²) in [5, 5.41) is 3.63. The first-order valence-corrected chi connectivity index (χ1v) is 8.06. The van der Waals surface area contributed by atoms with E-state index in [-0.39, 0.29) is 0 Å². The van der Waals surface area contributed by atoms with E-state index in [1.54, 1.807) is 18.2 Å². The maximum absolute atomic E-state index is 11.1. The number of hydrogen-bond acceptors (Lipinski definition) is 3. The molecular weight excluding hydrogens is 272 g/mol. The highest BCUT2D eigenvalue weighted by molar-refractivity contribution is 7.92. The van der Waals surface area contributed by atoms with Crippen molar-refractivity contribution in [2.24, 2.45) is 5.92 Å². The van der Waals surface area contributed by atoms with Crippen LogP contribution in [0.3, 0.4) is 0 Å². The third-order valence-corrected chi connectivity index (χ3v) is 3.22. The highest BCUT2D eigenvalue weighted by Gasteiger charge is 2.06. The van der Waals surface area contributed by atoms with Crippen molar-refractivity contribution in [2.75, 3.05) is 22.8 Å². The number of hydrogen-bond donors (Lipinski definition) is 2. The van der Waals surface area contributed by atoms with Gasteiger partial charge < -0.3 is 5.32 Å². The van der Waals surface area contributed by atoms with Crippen molar-refractivity contribution in [1.82, 2.24) is 0 Å². The molecule has 0 atom stereocenters. The maximum atomic E-state index is 11.1. The molecule has 1 rings (SSSR count). The van der Waals surface area contributed by atoms with Crippen LogP contribution in [0.2, 0.25) is 5.02 Å². The van der Waals surface area contributed by atoms with E-state index < -0.39 is 10.0 Å². The Morgan fingerprint density at radius 2 is 2.00 bits per heavy atom. The summed E-state index contributed by atoms with van der Waals surface area (Å²) in [4.78, 5) is 0. The van der Waals surface area contributed by atoms with Crippen LogP contribution in [-0.2, 0) is 10.0 Å². The molecule has 1 aromatic carbocycles. The lowest BCUT2D eigenvalue weighted by Gasteiger charge is -2.11. The van der Waals surface area contributed by atoms with E-state index in [0.29, 0.717) is 16.6 Å². The molecule has 6 heteroatoms. The normalized spacial score (nSPS) is 11.6. The first kappa shape index (κ1) is 15.1. The van der Waals surface area contributed by atoms with E-state index in [1.165, 1.54) is 0 Å². The molecule has 0 fully saturated rings. The first-order valence-electron chi connectivity index (χ1n) is 5.79. The molecule has 0 radical (unpaired) electrons. The summed E-state index contributed by atoms with van der Waals surface area (Å²) >= 11 is 6.01. The van der Waals surface area contributed by atoms with Gasteiger partial charge in [-0.1, -0.05) is 25.4 Å². The van der Waals surface area contributed by atoms with Crippen LogP contribution in [-0.4, -0.2) is 21.2 Å². The highest BCUT2D eigenvalue weighted by atomic mass is 35.5. The van der Waals surface area contributed by atoms with Crippen molar-refractivity contribution >= 4 is 33.0 Å². The average Bonchev–Trinajstić information content (AvgIpc) is 2.19. The summed E-state index contributed by atoms with van der Waals surface area (Å²) < 4.78 is 24.6. The van der Waals surface area contributed by atoms with E-state index in [4.69, 9.17) is 11.6 Å². The molecule has 102 valence electrons. The zero-order chi connectivity index (χ0) is 13.8. The lowest BCUT2D eigenvalue weighted by Crippen LogP contribution is -2.10. The van der Waals surface area contributed by atoms with Crippen molar-refractivity contribution in [1.29, 1.82) is 0 Å². The Kier molecular flexibility index (Phi) is 5.28. The zero-order valence-electron chi connectivity index (χ0n) is 10.8. The van der Waals surface area contributed by atoms with Crippen molar-refractivity contribution < 1.29 is 8.42 Å². The average molecular weight is 291 g/mol. The summed E-state index contributed by atoms with van der Waals surface area (Å²) in [7, 11) is -3.30. The molecule has 0 aromatic heterocycles. The molecule has 0 saturated heterocycles. The Labute approximate surface area is 114 Å². The standard InChI is InChI=1S/C12H19ClN2O2S/c1-9(2)6-7-14-10-4-5-12(11(13)8-10)15-18(3,16)17/h4-5,8-9,14-15H,6-7H2,1-3H3. The van der Waals surface area contributed by atoms with Gasteiger partial charge in [0.2, 0.25) is 10.0 Å². The first-order chi connectivity index (χ1) is 8.28. The molecule has 0 spiro atoms. The molecule has 2 N–H and O–H groups in total. The van der Waals surface area contributed by atoms with Gasteiger partial charge in [-0.3, -0.25) is 4.72 Å². The van der Waals surface area contributed by atoms with Gasteiger partial charge in [0, 0.05) is 12.2 Å². The fourth-order valence-electron chi connectivity index (χ4n) is 1.41. The number of anilines is 2. The molecule has 0 aliphatic rings. The molecule has 4 nitrogen and oxygen atoms in total. The SMILES string of the molecule is CC(C)CCNc1ccc(NS(C)(=O)=O)c(Cl)c1. The van der Waals surface area contributed by atoms with Crippen LogP contribution >= 0.6 is 11.6 Å². The van der Waals surface area contributed by atoms with Crippen LogP contribution in [0.1, 0.15) is 20.3 Å². The third-order valence-electron chi connectivity index (χ3n) is 2.32. The van der Waals surface area contributed by atoms with E-state index in [9.17, 15) is 8.42 Å². The minimum absolute atomic E-state index is 0.384. The van der Waals surface area contributed by atoms with Gasteiger partial charge in [0.1, 0.15) is 0 Å². The Morgan fingerprint density at radius 1 is 1.33 bits per heavy atom. The second-order valence-corrected chi connectivity index (χ2v) is 6.83. The van der Waals surface area contributed by atoms with Crippen LogP contribution < -0.4 is 10.0 Å². The summed E-state index contributed by atoms with van der Waals surface area (Å²) in [5.41, 5.74) is 1.29. The van der Waals surface area contributed by atoms with Crippen molar-refractivity contribution in [3.05, 3.63) is 23.2 Å². The van der Waals surface area contributed by atoms with Gasteiger partial charge in [0.25, 0.3) is 0 Å². The molecule has 0 aliphatic heterocycles. The Hall–Kier alpha value is -0.940. The van der Waals surface area contributed by atoms with Crippen molar-refractivity contribution in [2.45, 2.75) is 20.3 Å². The minimum atomic E-state index is -3.30. The fraction of sp³-hybridized carbons (Fsp3) is 0.500. The van der Waals surface area contributed by atoms with Crippen LogP contribution in [0.15, 0.2) is 18.2 Å². The number of rotatable bonds is 6.